The van der Waals surface area contributed by atoms with Crippen LogP contribution in [0.5, 0.6) is 0 Å². The zero-order valence-electron chi connectivity index (χ0n) is 11.7. The van der Waals surface area contributed by atoms with E-state index in [1.165, 1.54) is 6.33 Å². The fraction of sp³-hybridized carbons (Fsp3) is 0.286. The van der Waals surface area contributed by atoms with Gasteiger partial charge in [-0.25, -0.2) is 9.97 Å². The van der Waals surface area contributed by atoms with Gasteiger partial charge >= 0.3 is 0 Å². The van der Waals surface area contributed by atoms with E-state index in [0.717, 1.165) is 16.9 Å². The molecule has 3 aromatic rings. The number of nitrogens with zero attached hydrogens (tertiary/aromatic N) is 4. The van der Waals surface area contributed by atoms with E-state index in [-0.39, 0.29) is 11.9 Å². The van der Waals surface area contributed by atoms with E-state index < -0.39 is 0 Å². The molecule has 3 rings (SSSR count). The Balaban J connectivity index is 1.60. The molecule has 0 saturated heterocycles. The zero-order chi connectivity index (χ0) is 14.7. The van der Waals surface area contributed by atoms with Gasteiger partial charge in [-0.15, -0.1) is 0 Å². The second-order valence-corrected chi connectivity index (χ2v) is 4.84. The van der Waals surface area contributed by atoms with Crippen molar-refractivity contribution in [2.75, 3.05) is 0 Å². The number of benzene rings is 1. The minimum Gasteiger partial charge on any atom is -0.346 e. The number of carbonyl (C=O) groups excluding carboxylic acids is 1. The second-order valence-electron chi connectivity index (χ2n) is 4.84. The van der Waals surface area contributed by atoms with Crippen LogP contribution in [0.25, 0.3) is 11.0 Å². The van der Waals surface area contributed by atoms with Crippen LogP contribution in [0, 0.1) is 0 Å². The fourth-order valence-electron chi connectivity index (χ4n) is 2.12. The number of para-hydroxylation sites is 2. The highest BCUT2D eigenvalue weighted by molar-refractivity contribution is 5.77. The van der Waals surface area contributed by atoms with Crippen molar-refractivity contribution in [3.63, 3.8) is 0 Å². The summed E-state index contributed by atoms with van der Waals surface area (Å²) in [5.74, 6) is 0.712. The van der Waals surface area contributed by atoms with Gasteiger partial charge in [-0.3, -0.25) is 9.48 Å². The van der Waals surface area contributed by atoms with Gasteiger partial charge in [0.25, 0.3) is 0 Å². The van der Waals surface area contributed by atoms with E-state index in [1.807, 2.05) is 31.2 Å². The molecule has 2 aromatic heterocycles. The molecule has 0 fully saturated rings. The maximum atomic E-state index is 11.9. The number of imidazole rings is 1. The minimum atomic E-state index is -0.166. The van der Waals surface area contributed by atoms with E-state index in [0.29, 0.717) is 13.0 Å². The third-order valence-corrected chi connectivity index (χ3v) is 3.23. The van der Waals surface area contributed by atoms with Crippen molar-refractivity contribution < 1.29 is 4.79 Å². The monoisotopic (exact) mass is 284 g/mol. The van der Waals surface area contributed by atoms with Crippen molar-refractivity contribution in [3.05, 3.63) is 42.7 Å². The van der Waals surface area contributed by atoms with E-state index in [2.05, 4.69) is 25.4 Å². The topological polar surface area (TPSA) is 88.5 Å². The van der Waals surface area contributed by atoms with Gasteiger partial charge in [0, 0.05) is 6.42 Å². The van der Waals surface area contributed by atoms with Gasteiger partial charge in [0.05, 0.1) is 23.6 Å². The van der Waals surface area contributed by atoms with Crippen LogP contribution in [-0.4, -0.2) is 30.6 Å². The molecule has 0 bridgehead atoms. The van der Waals surface area contributed by atoms with Gasteiger partial charge in [0.1, 0.15) is 18.5 Å². The number of rotatable bonds is 5. The summed E-state index contributed by atoms with van der Waals surface area (Å²) in [4.78, 5) is 23.5. The first-order chi connectivity index (χ1) is 10.2. The summed E-state index contributed by atoms with van der Waals surface area (Å²) in [5, 5.41) is 6.89. The summed E-state index contributed by atoms with van der Waals surface area (Å²) in [5.41, 5.74) is 1.87. The summed E-state index contributed by atoms with van der Waals surface area (Å²) in [6.07, 6.45) is 3.40. The van der Waals surface area contributed by atoms with Gasteiger partial charge < -0.3 is 10.3 Å². The molecule has 7 heteroatoms. The molecule has 0 spiro atoms. The minimum absolute atomic E-state index is 0.0431. The average Bonchev–Trinajstić information content (AvgIpc) is 3.14. The summed E-state index contributed by atoms with van der Waals surface area (Å²) in [7, 11) is 0. The number of aryl methyl sites for hydroxylation is 1. The van der Waals surface area contributed by atoms with Crippen molar-refractivity contribution in [1.82, 2.24) is 30.0 Å². The molecule has 0 saturated carbocycles. The standard InChI is InChI=1S/C14H16N6O/c1-10(14-18-11-4-2-3-5-12(11)19-14)17-13(21)6-7-20-9-15-8-16-20/h2-5,8-10H,6-7H2,1H3,(H,17,21)(H,18,19). The number of hydrogen-bond acceptors (Lipinski definition) is 4. The molecular formula is C14H16N6O. The lowest BCUT2D eigenvalue weighted by atomic mass is 10.3. The number of aromatic amines is 1. The summed E-state index contributed by atoms with van der Waals surface area (Å²) >= 11 is 0. The van der Waals surface area contributed by atoms with Crippen LogP contribution in [0.1, 0.15) is 25.2 Å². The highest BCUT2D eigenvalue weighted by Gasteiger charge is 2.13. The molecular weight excluding hydrogens is 268 g/mol. The first-order valence-corrected chi connectivity index (χ1v) is 6.79. The normalized spacial score (nSPS) is 12.4. The smallest absolute Gasteiger partial charge is 0.222 e. The van der Waals surface area contributed by atoms with E-state index in [9.17, 15) is 4.79 Å². The van der Waals surface area contributed by atoms with Gasteiger partial charge in [-0.1, -0.05) is 12.1 Å². The van der Waals surface area contributed by atoms with Crippen molar-refractivity contribution >= 4 is 16.9 Å². The molecule has 1 amide bonds. The molecule has 0 aliphatic rings. The predicted octanol–water partition coefficient (Wildman–Crippen LogP) is 1.42. The molecule has 108 valence electrons. The number of amides is 1. The number of hydrogen-bond donors (Lipinski definition) is 2. The van der Waals surface area contributed by atoms with Crippen LogP contribution >= 0.6 is 0 Å². The molecule has 21 heavy (non-hydrogen) atoms. The predicted molar refractivity (Wildman–Crippen MR) is 77.3 cm³/mol. The summed E-state index contributed by atoms with van der Waals surface area (Å²) < 4.78 is 1.63. The Morgan fingerprint density at radius 2 is 2.29 bits per heavy atom. The molecule has 7 nitrogen and oxygen atoms in total. The van der Waals surface area contributed by atoms with Gasteiger partial charge in [-0.05, 0) is 19.1 Å². The first-order valence-electron chi connectivity index (χ1n) is 6.79. The van der Waals surface area contributed by atoms with Gasteiger partial charge in [0.15, 0.2) is 0 Å². The number of H-pyrrole nitrogens is 1. The van der Waals surface area contributed by atoms with Crippen LogP contribution in [0.4, 0.5) is 0 Å². The molecule has 0 aliphatic heterocycles. The molecule has 0 radical (unpaired) electrons. The molecule has 1 aromatic carbocycles. The number of nitrogens with one attached hydrogen (secondary N) is 2. The van der Waals surface area contributed by atoms with Gasteiger partial charge in [-0.2, -0.15) is 5.10 Å². The summed E-state index contributed by atoms with van der Waals surface area (Å²) in [6, 6.07) is 7.63. The fourth-order valence-corrected chi connectivity index (χ4v) is 2.12. The van der Waals surface area contributed by atoms with Crippen molar-refractivity contribution in [2.24, 2.45) is 0 Å². The van der Waals surface area contributed by atoms with Crippen molar-refractivity contribution in [2.45, 2.75) is 25.9 Å². The zero-order valence-corrected chi connectivity index (χ0v) is 11.7. The van der Waals surface area contributed by atoms with Crippen LogP contribution in [0.3, 0.4) is 0 Å². The number of carbonyl (C=O) groups is 1. The first kappa shape index (κ1) is 13.3. The average molecular weight is 284 g/mol. The summed E-state index contributed by atoms with van der Waals surface area (Å²) in [6.45, 7) is 2.42. The van der Waals surface area contributed by atoms with Crippen LogP contribution in [-0.2, 0) is 11.3 Å². The Labute approximate surface area is 121 Å². The molecule has 1 unspecified atom stereocenters. The third kappa shape index (κ3) is 3.07. The largest absolute Gasteiger partial charge is 0.346 e. The lowest BCUT2D eigenvalue weighted by molar-refractivity contribution is -0.122. The van der Waals surface area contributed by atoms with Crippen molar-refractivity contribution in [1.29, 1.82) is 0 Å². The second kappa shape index (κ2) is 5.74. The Bertz CT molecular complexity index is 700. The highest BCUT2D eigenvalue weighted by atomic mass is 16.1. The lowest BCUT2D eigenvalue weighted by Gasteiger charge is -2.11. The maximum Gasteiger partial charge on any atom is 0.222 e. The maximum absolute atomic E-state index is 11.9. The molecule has 2 heterocycles. The number of fused-ring (bicyclic) bond motifs is 1. The quantitative estimate of drug-likeness (QED) is 0.741. The molecule has 0 aliphatic carbocycles. The Morgan fingerprint density at radius 3 is 3.05 bits per heavy atom. The van der Waals surface area contributed by atoms with Crippen LogP contribution in [0.2, 0.25) is 0 Å². The van der Waals surface area contributed by atoms with Crippen molar-refractivity contribution in [3.8, 4) is 0 Å². The van der Waals surface area contributed by atoms with E-state index in [1.54, 1.807) is 11.0 Å². The molecule has 1 atom stereocenters. The third-order valence-electron chi connectivity index (χ3n) is 3.23. The van der Waals surface area contributed by atoms with Crippen LogP contribution < -0.4 is 5.32 Å². The van der Waals surface area contributed by atoms with E-state index in [4.69, 9.17) is 0 Å². The lowest BCUT2D eigenvalue weighted by Crippen LogP contribution is -2.28. The number of aromatic nitrogens is 5. The molecule has 2 N–H and O–H groups in total. The SMILES string of the molecule is CC(NC(=O)CCn1cncn1)c1nc2ccccc2[nH]1. The van der Waals surface area contributed by atoms with E-state index >= 15 is 0 Å². The Morgan fingerprint density at radius 1 is 1.43 bits per heavy atom. The van der Waals surface area contributed by atoms with Gasteiger partial charge in [0.2, 0.25) is 5.91 Å². The van der Waals surface area contributed by atoms with Crippen LogP contribution in [0.15, 0.2) is 36.9 Å². The highest BCUT2D eigenvalue weighted by Crippen LogP contribution is 2.15. The Hall–Kier alpha value is -2.70. The Kier molecular flexibility index (Phi) is 3.63.